The van der Waals surface area contributed by atoms with Crippen molar-refractivity contribution < 1.29 is 18.4 Å². The molecule has 0 radical (unpaired) electrons. The SMILES string of the molecule is C[C@H]1C[C@H]1c1ccc(CCC(=O)NCCNC(=O)c2ccco2)o1. The Labute approximate surface area is 140 Å². The van der Waals surface area contributed by atoms with Crippen LogP contribution < -0.4 is 10.6 Å². The van der Waals surface area contributed by atoms with Crippen molar-refractivity contribution in [2.75, 3.05) is 13.1 Å². The Kier molecular flexibility index (Phi) is 5.03. The monoisotopic (exact) mass is 330 g/mol. The molecule has 0 spiro atoms. The van der Waals surface area contributed by atoms with Gasteiger partial charge in [-0.2, -0.15) is 0 Å². The second kappa shape index (κ2) is 7.38. The molecule has 6 nitrogen and oxygen atoms in total. The molecule has 0 bridgehead atoms. The predicted molar refractivity (Wildman–Crippen MR) is 87.6 cm³/mol. The van der Waals surface area contributed by atoms with E-state index in [1.165, 1.54) is 12.7 Å². The highest BCUT2D eigenvalue weighted by atomic mass is 16.3. The summed E-state index contributed by atoms with van der Waals surface area (Å²) in [6, 6.07) is 7.22. The minimum Gasteiger partial charge on any atom is -0.466 e. The molecule has 0 aliphatic heterocycles. The zero-order valence-corrected chi connectivity index (χ0v) is 13.7. The number of carbonyl (C=O) groups is 2. The van der Waals surface area contributed by atoms with E-state index in [9.17, 15) is 9.59 Å². The highest BCUT2D eigenvalue weighted by Crippen LogP contribution is 2.47. The van der Waals surface area contributed by atoms with Crippen molar-refractivity contribution in [3.8, 4) is 0 Å². The van der Waals surface area contributed by atoms with Crippen LogP contribution in [-0.4, -0.2) is 24.9 Å². The van der Waals surface area contributed by atoms with Gasteiger partial charge >= 0.3 is 0 Å². The van der Waals surface area contributed by atoms with Crippen molar-refractivity contribution >= 4 is 11.8 Å². The number of furan rings is 2. The van der Waals surface area contributed by atoms with E-state index in [0.29, 0.717) is 37.8 Å². The van der Waals surface area contributed by atoms with Gasteiger partial charge in [-0.05, 0) is 36.6 Å². The fourth-order valence-electron chi connectivity index (χ4n) is 2.64. The summed E-state index contributed by atoms with van der Waals surface area (Å²) in [5, 5.41) is 5.45. The zero-order valence-electron chi connectivity index (χ0n) is 13.7. The quantitative estimate of drug-likeness (QED) is 0.728. The summed E-state index contributed by atoms with van der Waals surface area (Å²) in [4.78, 5) is 23.4. The molecule has 2 N–H and O–H groups in total. The van der Waals surface area contributed by atoms with Gasteiger partial charge in [0.25, 0.3) is 5.91 Å². The smallest absolute Gasteiger partial charge is 0.287 e. The van der Waals surface area contributed by atoms with E-state index in [1.54, 1.807) is 12.1 Å². The molecule has 2 aromatic heterocycles. The van der Waals surface area contributed by atoms with Crippen molar-refractivity contribution in [1.29, 1.82) is 0 Å². The maximum atomic E-state index is 11.8. The molecule has 1 aliphatic rings. The van der Waals surface area contributed by atoms with Crippen LogP contribution in [0.15, 0.2) is 39.4 Å². The Morgan fingerprint density at radius 2 is 2.00 bits per heavy atom. The summed E-state index contributed by atoms with van der Waals surface area (Å²) in [6.45, 7) is 2.95. The van der Waals surface area contributed by atoms with Crippen LogP contribution in [0.2, 0.25) is 0 Å². The number of carbonyl (C=O) groups excluding carboxylic acids is 2. The summed E-state index contributed by atoms with van der Waals surface area (Å²) < 4.78 is 10.8. The van der Waals surface area contributed by atoms with Gasteiger partial charge in [0.1, 0.15) is 11.5 Å². The molecule has 0 aromatic carbocycles. The van der Waals surface area contributed by atoms with E-state index in [2.05, 4.69) is 17.6 Å². The van der Waals surface area contributed by atoms with Gasteiger partial charge in [0.05, 0.1) is 6.26 Å². The number of amides is 2. The van der Waals surface area contributed by atoms with E-state index in [1.807, 2.05) is 12.1 Å². The van der Waals surface area contributed by atoms with Crippen molar-refractivity contribution in [1.82, 2.24) is 10.6 Å². The van der Waals surface area contributed by atoms with Gasteiger partial charge in [0, 0.05) is 31.8 Å². The lowest BCUT2D eigenvalue weighted by Gasteiger charge is -2.05. The largest absolute Gasteiger partial charge is 0.466 e. The van der Waals surface area contributed by atoms with Crippen molar-refractivity contribution in [2.24, 2.45) is 5.92 Å². The van der Waals surface area contributed by atoms with Crippen LogP contribution >= 0.6 is 0 Å². The summed E-state index contributed by atoms with van der Waals surface area (Å²) in [6.07, 6.45) is 3.60. The highest BCUT2D eigenvalue weighted by molar-refractivity contribution is 5.91. The molecule has 128 valence electrons. The Hall–Kier alpha value is -2.50. The minimum absolute atomic E-state index is 0.0556. The average molecular weight is 330 g/mol. The van der Waals surface area contributed by atoms with Gasteiger partial charge in [-0.3, -0.25) is 9.59 Å². The second-order valence-corrected chi connectivity index (χ2v) is 6.21. The maximum Gasteiger partial charge on any atom is 0.287 e. The third-order valence-corrected chi connectivity index (χ3v) is 4.23. The van der Waals surface area contributed by atoms with E-state index in [-0.39, 0.29) is 17.6 Å². The first-order chi connectivity index (χ1) is 11.6. The molecule has 2 aromatic rings. The number of hydrogen-bond donors (Lipinski definition) is 2. The lowest BCUT2D eigenvalue weighted by atomic mass is 10.2. The van der Waals surface area contributed by atoms with Crippen LogP contribution in [0.25, 0.3) is 0 Å². The van der Waals surface area contributed by atoms with Gasteiger partial charge in [-0.25, -0.2) is 0 Å². The molecule has 1 aliphatic carbocycles. The Morgan fingerprint density at radius 1 is 1.21 bits per heavy atom. The van der Waals surface area contributed by atoms with Crippen LogP contribution in [0.3, 0.4) is 0 Å². The third kappa shape index (κ3) is 4.28. The van der Waals surface area contributed by atoms with Crippen LogP contribution in [0.4, 0.5) is 0 Å². The molecule has 2 amide bonds. The summed E-state index contributed by atoms with van der Waals surface area (Å²) in [5.41, 5.74) is 0. The van der Waals surface area contributed by atoms with Crippen molar-refractivity contribution in [3.63, 3.8) is 0 Å². The summed E-state index contributed by atoms with van der Waals surface area (Å²) >= 11 is 0. The molecule has 0 saturated heterocycles. The first kappa shape index (κ1) is 16.4. The summed E-state index contributed by atoms with van der Waals surface area (Å²) in [5.74, 6) is 3.09. The fraction of sp³-hybridized carbons (Fsp3) is 0.444. The molecule has 2 atom stereocenters. The van der Waals surface area contributed by atoms with E-state index >= 15 is 0 Å². The molecule has 1 saturated carbocycles. The maximum absolute atomic E-state index is 11.8. The standard InChI is InChI=1S/C18H22N2O4/c1-12-11-14(12)15-6-4-13(24-15)5-7-17(21)19-8-9-20-18(22)16-3-2-10-23-16/h2-4,6,10,12,14H,5,7-9,11H2,1H3,(H,19,21)(H,20,22)/t12-,14+/m0/s1. The van der Waals surface area contributed by atoms with Gasteiger partial charge < -0.3 is 19.5 Å². The molecular formula is C18H22N2O4. The van der Waals surface area contributed by atoms with Gasteiger partial charge in [-0.1, -0.05) is 6.92 Å². The normalized spacial score (nSPS) is 19.0. The molecule has 6 heteroatoms. The fourth-order valence-corrected chi connectivity index (χ4v) is 2.64. The van der Waals surface area contributed by atoms with Gasteiger partial charge in [-0.15, -0.1) is 0 Å². The lowest BCUT2D eigenvalue weighted by molar-refractivity contribution is -0.121. The van der Waals surface area contributed by atoms with Crippen LogP contribution in [-0.2, 0) is 11.2 Å². The van der Waals surface area contributed by atoms with Crippen LogP contribution in [0, 0.1) is 5.92 Å². The highest BCUT2D eigenvalue weighted by Gasteiger charge is 2.36. The summed E-state index contributed by atoms with van der Waals surface area (Å²) in [7, 11) is 0. The van der Waals surface area contributed by atoms with E-state index in [4.69, 9.17) is 8.83 Å². The van der Waals surface area contributed by atoms with Gasteiger partial charge in [0.2, 0.25) is 5.91 Å². The number of aryl methyl sites for hydroxylation is 1. The molecule has 24 heavy (non-hydrogen) atoms. The third-order valence-electron chi connectivity index (χ3n) is 4.23. The molecular weight excluding hydrogens is 308 g/mol. The molecule has 0 unspecified atom stereocenters. The number of nitrogens with one attached hydrogen (secondary N) is 2. The number of rotatable bonds is 8. The van der Waals surface area contributed by atoms with Crippen molar-refractivity contribution in [2.45, 2.75) is 32.1 Å². The minimum atomic E-state index is -0.285. The number of hydrogen-bond acceptors (Lipinski definition) is 4. The predicted octanol–water partition coefficient (Wildman–Crippen LogP) is 2.47. The first-order valence-electron chi connectivity index (χ1n) is 8.30. The second-order valence-electron chi connectivity index (χ2n) is 6.21. The zero-order chi connectivity index (χ0) is 16.9. The van der Waals surface area contributed by atoms with E-state index < -0.39 is 0 Å². The molecule has 2 heterocycles. The topological polar surface area (TPSA) is 84.5 Å². The first-order valence-corrected chi connectivity index (χ1v) is 8.30. The average Bonchev–Trinajstić information content (AvgIpc) is 3.03. The molecule has 3 rings (SSSR count). The Bertz CT molecular complexity index is 690. The van der Waals surface area contributed by atoms with Crippen molar-refractivity contribution in [3.05, 3.63) is 47.8 Å². The van der Waals surface area contributed by atoms with Crippen LogP contribution in [0.1, 0.15) is 47.8 Å². The van der Waals surface area contributed by atoms with Crippen LogP contribution in [0.5, 0.6) is 0 Å². The van der Waals surface area contributed by atoms with Gasteiger partial charge in [0.15, 0.2) is 5.76 Å². The lowest BCUT2D eigenvalue weighted by Crippen LogP contribution is -2.34. The van der Waals surface area contributed by atoms with E-state index in [0.717, 1.165) is 11.5 Å². The Balaban J connectivity index is 1.30. The molecule has 1 fully saturated rings. The Morgan fingerprint density at radius 3 is 2.71 bits per heavy atom.